The zero-order valence-electron chi connectivity index (χ0n) is 7.63. The van der Waals surface area contributed by atoms with Crippen molar-refractivity contribution in [1.82, 2.24) is 10.6 Å². The van der Waals surface area contributed by atoms with Gasteiger partial charge in [0.2, 0.25) is 0 Å². The number of rotatable bonds is 0. The van der Waals surface area contributed by atoms with Crippen molar-refractivity contribution in [1.29, 1.82) is 0 Å². The van der Waals surface area contributed by atoms with Crippen molar-refractivity contribution in [3.8, 4) is 0 Å². The third kappa shape index (κ3) is 37.5. The molecule has 0 saturated carbocycles. The van der Waals surface area contributed by atoms with Crippen molar-refractivity contribution in [2.45, 2.75) is 0 Å². The molecule has 12 heavy (non-hydrogen) atoms. The van der Waals surface area contributed by atoms with Gasteiger partial charge in [-0.25, -0.2) is 0 Å². The van der Waals surface area contributed by atoms with Crippen LogP contribution in [0.2, 0.25) is 0 Å². The van der Waals surface area contributed by atoms with Gasteiger partial charge in [0.25, 0.3) is 0 Å². The molecule has 2 nitrogen and oxygen atoms in total. The summed E-state index contributed by atoms with van der Waals surface area (Å²) in [6, 6.07) is 0. The summed E-state index contributed by atoms with van der Waals surface area (Å²) in [6.45, 7) is 0. The number of hydrogen-bond donors (Lipinski definition) is 2. The van der Waals surface area contributed by atoms with Crippen LogP contribution in [0.1, 0.15) is 0 Å². The van der Waals surface area contributed by atoms with E-state index in [9.17, 15) is 0 Å². The van der Waals surface area contributed by atoms with Gasteiger partial charge in [-0.05, 0) is 0 Å². The Kier molecular flexibility index (Phi) is 41.0. The molecule has 0 fully saturated rings. The smallest absolute Gasteiger partial charge is 0.412 e. The van der Waals surface area contributed by atoms with E-state index in [-0.39, 0.29) is 103 Å². The summed E-state index contributed by atoms with van der Waals surface area (Å²) in [5, 5.41) is 5.15. The maximum atomic E-state index is 4.40. The molecule has 0 aliphatic heterocycles. The Balaban J connectivity index is -0.0000000457. The molecule has 8 heteroatoms. The molecule has 0 aromatic carbocycles. The van der Waals surface area contributed by atoms with Crippen LogP contribution in [-0.4, -0.2) is 22.7 Å². The van der Waals surface area contributed by atoms with E-state index in [2.05, 4.69) is 60.3 Å². The Hall–Kier alpha value is 3.49. The molecule has 0 aromatic rings. The fourth-order valence-corrected chi connectivity index (χ4v) is 0. The van der Waals surface area contributed by atoms with E-state index in [0.29, 0.717) is 8.64 Å². The van der Waals surface area contributed by atoms with Gasteiger partial charge in [-0.1, -0.05) is 8.64 Å². The summed E-state index contributed by atoms with van der Waals surface area (Å²) < 4.78 is 0.843. The Morgan fingerprint density at radius 2 is 1.00 bits per heavy atom. The molecule has 2 N–H and O–H groups in total. The number of nitrogens with one attached hydrogen (secondary N) is 2. The fraction of sp³-hybridized carbons (Fsp3) is 0.500. The standard InChI is InChI=1S/2C2H5NS2.2K/c2*1-3-2(4)5;;/h2*1H3,(H2,3,4,5);;/q;;2*+1/p-2. The summed E-state index contributed by atoms with van der Waals surface area (Å²) in [6.07, 6.45) is 0. The van der Waals surface area contributed by atoms with Gasteiger partial charge >= 0.3 is 103 Å². The van der Waals surface area contributed by atoms with E-state index in [1.807, 2.05) is 0 Å². The van der Waals surface area contributed by atoms with Crippen LogP contribution in [0.4, 0.5) is 0 Å². The predicted octanol–water partition coefficient (Wildman–Crippen LogP) is -5.92. The monoisotopic (exact) mass is 290 g/mol. The van der Waals surface area contributed by atoms with Crippen molar-refractivity contribution < 1.29 is 103 Å². The van der Waals surface area contributed by atoms with Gasteiger partial charge in [0.1, 0.15) is 0 Å². The average molecular weight is 291 g/mol. The number of thiocarbonyl (C=S) groups is 2. The maximum Gasteiger partial charge on any atom is 1.00 e. The molecule has 0 amide bonds. The fourth-order valence-electron chi connectivity index (χ4n) is 0. The maximum absolute atomic E-state index is 4.40. The summed E-state index contributed by atoms with van der Waals surface area (Å²) in [5.41, 5.74) is 0. The van der Waals surface area contributed by atoms with Crippen LogP contribution in [0.3, 0.4) is 0 Å². The molecular formula is C4H8K2N2S4. The van der Waals surface area contributed by atoms with Crippen molar-refractivity contribution in [2.75, 3.05) is 14.1 Å². The van der Waals surface area contributed by atoms with Gasteiger partial charge in [-0.3, -0.25) is 0 Å². The van der Waals surface area contributed by atoms with E-state index in [0.717, 1.165) is 0 Å². The van der Waals surface area contributed by atoms with Crippen LogP contribution in [0.15, 0.2) is 0 Å². The summed E-state index contributed by atoms with van der Waals surface area (Å²) in [7, 11) is 3.41. The van der Waals surface area contributed by atoms with Crippen LogP contribution in [0.5, 0.6) is 0 Å². The van der Waals surface area contributed by atoms with Gasteiger partial charge in [-0.2, -0.15) is 0 Å². The van der Waals surface area contributed by atoms with Gasteiger partial charge in [-0.15, -0.1) is 0 Å². The third-order valence-corrected chi connectivity index (χ3v) is 1.22. The van der Waals surface area contributed by atoms with Gasteiger partial charge in [0.15, 0.2) is 0 Å². The van der Waals surface area contributed by atoms with Crippen LogP contribution >= 0.6 is 24.4 Å². The molecule has 0 radical (unpaired) electrons. The molecule has 0 aliphatic rings. The quantitative estimate of drug-likeness (QED) is 0.262. The first kappa shape index (κ1) is 24.6. The Bertz CT molecular complexity index is 108. The van der Waals surface area contributed by atoms with Crippen LogP contribution in [0, 0.1) is 0 Å². The SMILES string of the molecule is CNC(=S)[S-].CNC(=S)[S-].[K+].[K+]. The van der Waals surface area contributed by atoms with Crippen LogP contribution in [-0.2, 0) is 25.3 Å². The summed E-state index contributed by atoms with van der Waals surface area (Å²) >= 11 is 17.6. The van der Waals surface area contributed by atoms with Gasteiger partial charge in [0, 0.05) is 14.1 Å². The normalized spacial score (nSPS) is 5.50. The Morgan fingerprint density at radius 1 is 0.917 bits per heavy atom. The largest absolute Gasteiger partial charge is 1.00 e. The summed E-state index contributed by atoms with van der Waals surface area (Å²) in [5.74, 6) is 0. The second-order valence-electron chi connectivity index (χ2n) is 1.07. The topological polar surface area (TPSA) is 24.1 Å². The molecular weight excluding hydrogens is 283 g/mol. The molecule has 0 aliphatic carbocycles. The first-order chi connectivity index (χ1) is 4.54. The molecule has 0 bridgehead atoms. The van der Waals surface area contributed by atoms with E-state index in [1.54, 1.807) is 14.1 Å². The average Bonchev–Trinajstić information content (AvgIpc) is 1.89. The molecule has 0 atom stereocenters. The third-order valence-electron chi connectivity index (χ3n) is 0.408. The van der Waals surface area contributed by atoms with E-state index < -0.39 is 0 Å². The minimum atomic E-state index is 0. The van der Waals surface area contributed by atoms with Crippen LogP contribution < -0.4 is 113 Å². The molecule has 0 unspecified atom stereocenters. The minimum Gasteiger partial charge on any atom is -0.412 e. The van der Waals surface area contributed by atoms with Gasteiger partial charge in [0.05, 0.1) is 0 Å². The number of hydrogen-bond acceptors (Lipinski definition) is 4. The molecule has 0 saturated heterocycles. The second-order valence-corrected chi connectivity index (χ2v) is 3.22. The van der Waals surface area contributed by atoms with E-state index >= 15 is 0 Å². The Labute approximate surface area is 181 Å². The van der Waals surface area contributed by atoms with Crippen molar-refractivity contribution in [3.05, 3.63) is 0 Å². The van der Waals surface area contributed by atoms with Gasteiger partial charge < -0.3 is 60.3 Å². The first-order valence-corrected chi connectivity index (χ1v) is 3.95. The molecule has 0 rings (SSSR count). The van der Waals surface area contributed by atoms with Crippen molar-refractivity contribution in [2.24, 2.45) is 0 Å². The second kappa shape index (κ2) is 20.0. The molecule has 60 valence electrons. The van der Waals surface area contributed by atoms with Crippen LogP contribution in [0.25, 0.3) is 0 Å². The Morgan fingerprint density at radius 3 is 1.00 bits per heavy atom. The van der Waals surface area contributed by atoms with Crippen molar-refractivity contribution >= 4 is 58.3 Å². The molecule has 0 spiro atoms. The predicted molar refractivity (Wildman–Crippen MR) is 58.0 cm³/mol. The zero-order chi connectivity index (χ0) is 8.57. The van der Waals surface area contributed by atoms with Crippen molar-refractivity contribution in [3.63, 3.8) is 0 Å². The van der Waals surface area contributed by atoms with E-state index in [4.69, 9.17) is 0 Å². The molecule has 0 heterocycles. The zero-order valence-corrected chi connectivity index (χ0v) is 17.1. The minimum absolute atomic E-state index is 0. The first-order valence-electron chi connectivity index (χ1n) is 2.32. The summed E-state index contributed by atoms with van der Waals surface area (Å²) in [4.78, 5) is 0. The molecule has 0 aromatic heterocycles. The van der Waals surface area contributed by atoms with E-state index in [1.165, 1.54) is 0 Å².